The van der Waals surface area contributed by atoms with Crippen molar-refractivity contribution < 1.29 is 22.7 Å². The van der Waals surface area contributed by atoms with E-state index in [4.69, 9.17) is 4.74 Å². The second-order valence-corrected chi connectivity index (χ2v) is 5.17. The van der Waals surface area contributed by atoms with Crippen LogP contribution in [0.2, 0.25) is 0 Å². The third kappa shape index (κ3) is 3.75. The van der Waals surface area contributed by atoms with E-state index in [0.717, 1.165) is 12.1 Å². The van der Waals surface area contributed by atoms with Gasteiger partial charge in [-0.25, -0.2) is 0 Å². The molecule has 0 spiro atoms. The highest BCUT2D eigenvalue weighted by Gasteiger charge is 2.32. The molecule has 0 bridgehead atoms. The third-order valence-corrected chi connectivity index (χ3v) is 2.20. The molecule has 1 aromatic rings. The molecule has 0 unspecified atom stereocenters. The number of ether oxygens (including phenoxy) is 1. The number of aryl methyl sites for hydroxylation is 1. The van der Waals surface area contributed by atoms with Crippen molar-refractivity contribution in [1.29, 1.82) is 0 Å². The molecule has 0 saturated heterocycles. The smallest absolute Gasteiger partial charge is 0.416 e. The van der Waals surface area contributed by atoms with Crippen molar-refractivity contribution in [2.24, 2.45) is 5.41 Å². The van der Waals surface area contributed by atoms with Gasteiger partial charge in [0.05, 0.1) is 11.0 Å². The summed E-state index contributed by atoms with van der Waals surface area (Å²) in [6, 6.07) is 3.24. The molecule has 2 nitrogen and oxygen atoms in total. The van der Waals surface area contributed by atoms with E-state index < -0.39 is 23.1 Å². The second kappa shape index (κ2) is 4.63. The Morgan fingerprint density at radius 3 is 2.11 bits per heavy atom. The van der Waals surface area contributed by atoms with Crippen LogP contribution in [-0.2, 0) is 11.0 Å². The van der Waals surface area contributed by atoms with Gasteiger partial charge in [-0.05, 0) is 51.5 Å². The van der Waals surface area contributed by atoms with Crippen LogP contribution in [0.25, 0.3) is 0 Å². The normalized spacial score (nSPS) is 12.4. The minimum Gasteiger partial charge on any atom is -0.426 e. The Bertz CT molecular complexity index is 456. The number of hydrogen-bond acceptors (Lipinski definition) is 2. The Kier molecular flexibility index (Phi) is 3.74. The van der Waals surface area contributed by atoms with Crippen LogP contribution in [0.4, 0.5) is 13.2 Å². The quantitative estimate of drug-likeness (QED) is 0.564. The summed E-state index contributed by atoms with van der Waals surface area (Å²) < 4.78 is 42.7. The summed E-state index contributed by atoms with van der Waals surface area (Å²) >= 11 is 0. The van der Waals surface area contributed by atoms with E-state index in [-0.39, 0.29) is 5.75 Å². The Hall–Kier alpha value is -1.52. The number of carbonyl (C=O) groups excluding carboxylic acids is 1. The molecule has 0 aliphatic carbocycles. The maximum absolute atomic E-state index is 12.6. The minimum atomic E-state index is -4.45. The van der Waals surface area contributed by atoms with Crippen LogP contribution in [0.3, 0.4) is 0 Å². The number of esters is 1. The maximum Gasteiger partial charge on any atom is 0.416 e. The molecule has 0 aromatic heterocycles. The number of hydrogen-bond donors (Lipinski definition) is 0. The molecule has 0 N–H and O–H groups in total. The van der Waals surface area contributed by atoms with E-state index >= 15 is 0 Å². The SMILES string of the molecule is Cc1cc(OC(=O)C(C)(C)C)cc(C(F)(F)F)c1. The molecular weight excluding hydrogens is 245 g/mol. The standard InChI is InChI=1S/C13H15F3O2/c1-8-5-9(13(14,15)16)7-10(6-8)18-11(17)12(2,3)4/h5-7H,1-4H3. The van der Waals surface area contributed by atoms with Crippen molar-refractivity contribution in [3.63, 3.8) is 0 Å². The second-order valence-electron chi connectivity index (χ2n) is 5.17. The molecule has 0 heterocycles. The first-order chi connectivity index (χ1) is 8.00. The molecule has 0 amide bonds. The highest BCUT2D eigenvalue weighted by molar-refractivity contribution is 5.77. The highest BCUT2D eigenvalue weighted by Crippen LogP contribution is 2.33. The minimum absolute atomic E-state index is 0.0812. The molecule has 5 heteroatoms. The fourth-order valence-electron chi connectivity index (χ4n) is 1.23. The van der Waals surface area contributed by atoms with Crippen molar-refractivity contribution in [3.8, 4) is 5.75 Å². The van der Waals surface area contributed by atoms with Gasteiger partial charge in [-0.15, -0.1) is 0 Å². The zero-order valence-electron chi connectivity index (χ0n) is 10.7. The van der Waals surface area contributed by atoms with Gasteiger partial charge in [0, 0.05) is 0 Å². The van der Waals surface area contributed by atoms with Gasteiger partial charge in [-0.1, -0.05) is 0 Å². The van der Waals surface area contributed by atoms with Gasteiger partial charge >= 0.3 is 12.1 Å². The molecular formula is C13H15F3O2. The zero-order valence-corrected chi connectivity index (χ0v) is 10.7. The van der Waals surface area contributed by atoms with Crippen LogP contribution in [0.15, 0.2) is 18.2 Å². The third-order valence-electron chi connectivity index (χ3n) is 2.20. The summed E-state index contributed by atoms with van der Waals surface area (Å²) in [4.78, 5) is 11.6. The molecule has 0 saturated carbocycles. The molecule has 0 radical (unpaired) electrons. The summed E-state index contributed by atoms with van der Waals surface area (Å²) in [5.74, 6) is -0.650. The first-order valence-electron chi connectivity index (χ1n) is 5.41. The fraction of sp³-hybridized carbons (Fsp3) is 0.462. The summed E-state index contributed by atoms with van der Waals surface area (Å²) in [6.07, 6.45) is -4.45. The Labute approximate surface area is 104 Å². The van der Waals surface area contributed by atoms with Crippen molar-refractivity contribution in [3.05, 3.63) is 29.3 Å². The first kappa shape index (κ1) is 14.5. The average molecular weight is 260 g/mol. The molecule has 0 aliphatic heterocycles. The highest BCUT2D eigenvalue weighted by atomic mass is 19.4. The van der Waals surface area contributed by atoms with Crippen LogP contribution >= 0.6 is 0 Å². The Morgan fingerprint density at radius 1 is 1.11 bits per heavy atom. The first-order valence-corrected chi connectivity index (χ1v) is 5.41. The number of benzene rings is 1. The number of rotatable bonds is 1. The monoisotopic (exact) mass is 260 g/mol. The van der Waals surface area contributed by atoms with E-state index in [1.807, 2.05) is 0 Å². The van der Waals surface area contributed by atoms with Crippen LogP contribution in [0, 0.1) is 12.3 Å². The average Bonchev–Trinajstić information content (AvgIpc) is 2.13. The Balaban J connectivity index is 3.05. The van der Waals surface area contributed by atoms with Crippen molar-refractivity contribution in [2.75, 3.05) is 0 Å². The van der Waals surface area contributed by atoms with Crippen molar-refractivity contribution in [2.45, 2.75) is 33.9 Å². The molecule has 0 atom stereocenters. The molecule has 1 rings (SSSR count). The molecule has 100 valence electrons. The lowest BCUT2D eigenvalue weighted by Gasteiger charge is -2.17. The summed E-state index contributed by atoms with van der Waals surface area (Å²) in [6.45, 7) is 6.42. The van der Waals surface area contributed by atoms with Gasteiger partial charge in [0.25, 0.3) is 0 Å². The van der Waals surface area contributed by atoms with Gasteiger partial charge in [0.15, 0.2) is 0 Å². The number of halogens is 3. The lowest BCUT2D eigenvalue weighted by molar-refractivity contribution is -0.144. The summed E-state index contributed by atoms with van der Waals surface area (Å²) in [7, 11) is 0. The number of alkyl halides is 3. The predicted molar refractivity (Wildman–Crippen MR) is 61.3 cm³/mol. The van der Waals surface area contributed by atoms with Crippen LogP contribution < -0.4 is 4.74 Å². The van der Waals surface area contributed by atoms with Crippen LogP contribution in [0.1, 0.15) is 31.9 Å². The van der Waals surface area contributed by atoms with E-state index in [9.17, 15) is 18.0 Å². The summed E-state index contributed by atoms with van der Waals surface area (Å²) in [5.41, 5.74) is -1.19. The van der Waals surface area contributed by atoms with Gasteiger partial charge < -0.3 is 4.74 Å². The van der Waals surface area contributed by atoms with Crippen molar-refractivity contribution >= 4 is 5.97 Å². The molecule has 18 heavy (non-hydrogen) atoms. The van der Waals surface area contributed by atoms with E-state index in [1.54, 1.807) is 20.8 Å². The summed E-state index contributed by atoms with van der Waals surface area (Å²) in [5, 5.41) is 0. The van der Waals surface area contributed by atoms with Crippen LogP contribution in [0.5, 0.6) is 5.75 Å². The molecule has 0 aliphatic rings. The number of carbonyl (C=O) groups is 1. The van der Waals surface area contributed by atoms with Gasteiger partial charge in [0.2, 0.25) is 0 Å². The van der Waals surface area contributed by atoms with Gasteiger partial charge in [-0.2, -0.15) is 13.2 Å². The van der Waals surface area contributed by atoms with E-state index in [0.29, 0.717) is 5.56 Å². The lowest BCUT2D eigenvalue weighted by Crippen LogP contribution is -2.25. The van der Waals surface area contributed by atoms with Crippen LogP contribution in [-0.4, -0.2) is 5.97 Å². The van der Waals surface area contributed by atoms with Crippen molar-refractivity contribution in [1.82, 2.24) is 0 Å². The van der Waals surface area contributed by atoms with E-state index in [2.05, 4.69) is 0 Å². The Morgan fingerprint density at radius 2 is 1.67 bits per heavy atom. The maximum atomic E-state index is 12.6. The van der Waals surface area contributed by atoms with Gasteiger partial charge in [0.1, 0.15) is 5.75 Å². The predicted octanol–water partition coefficient (Wildman–Crippen LogP) is 3.97. The molecule has 1 aromatic carbocycles. The molecule has 0 fully saturated rings. The lowest BCUT2D eigenvalue weighted by atomic mass is 9.97. The van der Waals surface area contributed by atoms with E-state index in [1.165, 1.54) is 13.0 Å². The largest absolute Gasteiger partial charge is 0.426 e. The zero-order chi connectivity index (χ0) is 14.1. The van der Waals surface area contributed by atoms with Gasteiger partial charge in [-0.3, -0.25) is 4.79 Å². The fourth-order valence-corrected chi connectivity index (χ4v) is 1.23. The topological polar surface area (TPSA) is 26.3 Å².